The Bertz CT molecular complexity index is 59.5. The molecule has 0 saturated carbocycles. The molecule has 0 atom stereocenters. The van der Waals surface area contributed by atoms with Gasteiger partial charge in [0.2, 0.25) is 0 Å². The lowest BCUT2D eigenvalue weighted by atomic mass is 9.94. The summed E-state index contributed by atoms with van der Waals surface area (Å²) in [6.45, 7) is 5.57. The molecule has 8 heavy (non-hydrogen) atoms. The number of rotatable bonds is 3. The average Bonchev–Trinajstić information content (AvgIpc) is 1.67. The summed E-state index contributed by atoms with van der Waals surface area (Å²) < 4.78 is 0. The van der Waals surface area contributed by atoms with Crippen molar-refractivity contribution in [3.05, 3.63) is 7.05 Å². The van der Waals surface area contributed by atoms with Crippen LogP contribution in [-0.4, -0.2) is 13.1 Å². The Labute approximate surface area is 51.5 Å². The van der Waals surface area contributed by atoms with Gasteiger partial charge in [0, 0.05) is 0 Å². The fourth-order valence-corrected chi connectivity index (χ4v) is 0.367. The van der Waals surface area contributed by atoms with Crippen molar-refractivity contribution >= 4 is 0 Å². The van der Waals surface area contributed by atoms with Crippen LogP contribution in [0, 0.1) is 12.5 Å². The summed E-state index contributed by atoms with van der Waals surface area (Å²) in [5, 5.41) is 3.75. The van der Waals surface area contributed by atoms with Gasteiger partial charge in [-0.05, 0) is 18.5 Å². The molecule has 0 aliphatic heterocycles. The zero-order valence-electron chi connectivity index (χ0n) is 5.65. The van der Waals surface area contributed by atoms with E-state index >= 15 is 0 Å². The predicted octanol–water partition coefficient (Wildman–Crippen LogP) is 0.367. The van der Waals surface area contributed by atoms with Crippen LogP contribution < -0.4 is 11.1 Å². The van der Waals surface area contributed by atoms with Crippen molar-refractivity contribution in [1.82, 2.24) is 5.32 Å². The molecule has 49 valence electrons. The maximum Gasteiger partial charge on any atom is -0.00141 e. The molecule has 0 heterocycles. The van der Waals surface area contributed by atoms with Crippen molar-refractivity contribution in [3.63, 3.8) is 0 Å². The summed E-state index contributed by atoms with van der Waals surface area (Å²) >= 11 is 0. The second kappa shape index (κ2) is 3.05. The molecule has 0 fully saturated rings. The lowest BCUT2D eigenvalue weighted by Crippen LogP contribution is -2.30. The quantitative estimate of drug-likeness (QED) is 0.529. The molecule has 0 amide bonds. The minimum absolute atomic E-state index is 0.141. The number of nitrogens with two attached hydrogens (primary N) is 1. The smallest absolute Gasteiger partial charge is 0.00141 e. The van der Waals surface area contributed by atoms with Crippen molar-refractivity contribution in [2.24, 2.45) is 11.1 Å². The van der Waals surface area contributed by atoms with Crippen molar-refractivity contribution in [3.8, 4) is 0 Å². The molecule has 0 aromatic rings. The van der Waals surface area contributed by atoms with Crippen LogP contribution in [0.2, 0.25) is 0 Å². The van der Waals surface area contributed by atoms with Gasteiger partial charge in [0.25, 0.3) is 0 Å². The maximum absolute atomic E-state index is 5.40. The average molecular weight is 114 g/mol. The molecule has 0 aliphatic rings. The first-order chi connectivity index (χ1) is 3.62. The zero-order valence-corrected chi connectivity index (χ0v) is 5.65. The first-order valence-corrected chi connectivity index (χ1v) is 2.75. The SMILES string of the molecule is [CH2-][N]CC(C)(C)CN. The van der Waals surface area contributed by atoms with Gasteiger partial charge in [-0.1, -0.05) is 13.8 Å². The minimum Gasteiger partial charge on any atom is -0.424 e. The third-order valence-electron chi connectivity index (χ3n) is 1.09. The Balaban J connectivity index is 3.37. The standard InChI is InChI=1S/C6H14N2/c1-6(2,4-7)5-8-3/h3-5,7H2,1-2H3/q-1. The normalized spacial score (nSPS) is 12.0. The number of hydrogen-bond acceptors (Lipinski definition) is 1. The van der Waals surface area contributed by atoms with E-state index in [4.69, 9.17) is 5.73 Å². The maximum atomic E-state index is 5.40. The van der Waals surface area contributed by atoms with Crippen LogP contribution in [0.25, 0.3) is 0 Å². The van der Waals surface area contributed by atoms with Gasteiger partial charge >= 0.3 is 0 Å². The van der Waals surface area contributed by atoms with Crippen molar-refractivity contribution in [1.29, 1.82) is 0 Å². The van der Waals surface area contributed by atoms with Gasteiger partial charge in [-0.25, -0.2) is 0 Å². The van der Waals surface area contributed by atoms with E-state index < -0.39 is 0 Å². The third-order valence-corrected chi connectivity index (χ3v) is 1.09. The van der Waals surface area contributed by atoms with Crippen molar-refractivity contribution < 1.29 is 0 Å². The van der Waals surface area contributed by atoms with Crippen LogP contribution in [0.3, 0.4) is 0 Å². The first-order valence-electron chi connectivity index (χ1n) is 2.75. The number of nitrogens with zero attached hydrogens (tertiary/aromatic N) is 1. The van der Waals surface area contributed by atoms with Crippen LogP contribution in [0.5, 0.6) is 0 Å². The molecule has 2 nitrogen and oxygen atoms in total. The van der Waals surface area contributed by atoms with E-state index in [9.17, 15) is 0 Å². The Morgan fingerprint density at radius 1 is 1.62 bits per heavy atom. The summed E-state index contributed by atoms with van der Waals surface area (Å²) in [5.41, 5.74) is 5.55. The summed E-state index contributed by atoms with van der Waals surface area (Å²) in [5.74, 6) is 0. The lowest BCUT2D eigenvalue weighted by molar-refractivity contribution is 0.367. The largest absolute Gasteiger partial charge is 0.424 e. The fourth-order valence-electron chi connectivity index (χ4n) is 0.367. The van der Waals surface area contributed by atoms with Crippen LogP contribution in [-0.2, 0) is 0 Å². The fraction of sp³-hybridized carbons (Fsp3) is 0.833. The Morgan fingerprint density at radius 2 is 2.12 bits per heavy atom. The van der Waals surface area contributed by atoms with E-state index in [1.807, 2.05) is 0 Å². The number of hydrogen-bond donors (Lipinski definition) is 1. The van der Waals surface area contributed by atoms with Crippen LogP contribution in [0.15, 0.2) is 0 Å². The van der Waals surface area contributed by atoms with E-state index in [0.29, 0.717) is 6.54 Å². The molecular formula is C6H14N2-. The molecule has 0 aliphatic carbocycles. The highest BCUT2D eigenvalue weighted by atomic mass is 14.8. The second-order valence-corrected chi connectivity index (χ2v) is 2.75. The molecule has 0 bridgehead atoms. The van der Waals surface area contributed by atoms with Gasteiger partial charge in [-0.2, -0.15) is 0 Å². The molecule has 2 N–H and O–H groups in total. The van der Waals surface area contributed by atoms with E-state index in [1.54, 1.807) is 0 Å². The summed E-state index contributed by atoms with van der Waals surface area (Å²) in [4.78, 5) is 0. The Hall–Kier alpha value is -0.0800. The van der Waals surface area contributed by atoms with Crippen LogP contribution in [0.4, 0.5) is 0 Å². The van der Waals surface area contributed by atoms with Gasteiger partial charge in [0.1, 0.15) is 0 Å². The molecular weight excluding hydrogens is 100 g/mol. The molecule has 0 aromatic heterocycles. The third kappa shape index (κ3) is 2.99. The highest BCUT2D eigenvalue weighted by Gasteiger charge is 2.11. The predicted molar refractivity (Wildman–Crippen MR) is 35.2 cm³/mol. The van der Waals surface area contributed by atoms with E-state index in [-0.39, 0.29) is 5.41 Å². The van der Waals surface area contributed by atoms with E-state index in [2.05, 4.69) is 26.2 Å². The first kappa shape index (κ1) is 7.92. The zero-order chi connectivity index (χ0) is 6.62. The molecule has 0 unspecified atom stereocenters. The molecule has 1 radical (unpaired) electrons. The monoisotopic (exact) mass is 114 g/mol. The van der Waals surface area contributed by atoms with E-state index in [1.165, 1.54) is 0 Å². The van der Waals surface area contributed by atoms with Crippen LogP contribution in [0.1, 0.15) is 13.8 Å². The Kier molecular flexibility index (Phi) is 3.02. The summed E-state index contributed by atoms with van der Waals surface area (Å²) in [7, 11) is 3.39. The summed E-state index contributed by atoms with van der Waals surface area (Å²) in [6, 6.07) is 0. The summed E-state index contributed by atoms with van der Waals surface area (Å²) in [6.07, 6.45) is 0. The van der Waals surface area contributed by atoms with Crippen molar-refractivity contribution in [2.75, 3.05) is 13.1 Å². The minimum atomic E-state index is 0.141. The van der Waals surface area contributed by atoms with Crippen LogP contribution >= 0.6 is 0 Å². The molecule has 0 aromatic carbocycles. The molecule has 0 saturated heterocycles. The van der Waals surface area contributed by atoms with Gasteiger partial charge in [-0.15, -0.1) is 0 Å². The van der Waals surface area contributed by atoms with E-state index in [0.717, 1.165) is 6.54 Å². The van der Waals surface area contributed by atoms with Gasteiger partial charge in [0.05, 0.1) is 0 Å². The van der Waals surface area contributed by atoms with Gasteiger partial charge in [-0.3, -0.25) is 7.05 Å². The van der Waals surface area contributed by atoms with Crippen molar-refractivity contribution in [2.45, 2.75) is 13.8 Å². The van der Waals surface area contributed by atoms with Gasteiger partial charge < -0.3 is 11.1 Å². The highest BCUT2D eigenvalue weighted by molar-refractivity contribution is 4.70. The second-order valence-electron chi connectivity index (χ2n) is 2.75. The Morgan fingerprint density at radius 3 is 2.25 bits per heavy atom. The molecule has 0 rings (SSSR count). The molecule has 0 spiro atoms. The molecule has 2 heteroatoms. The lowest BCUT2D eigenvalue weighted by Gasteiger charge is -2.22. The topological polar surface area (TPSA) is 40.1 Å². The van der Waals surface area contributed by atoms with Gasteiger partial charge in [0.15, 0.2) is 0 Å². The highest BCUT2D eigenvalue weighted by Crippen LogP contribution is 2.09.